The molecule has 1 aliphatic heterocycles. The molecule has 1 aromatic heterocycles. The van der Waals surface area contributed by atoms with E-state index in [9.17, 15) is 0 Å². The second-order valence-corrected chi connectivity index (χ2v) is 6.52. The number of ether oxygens (including phenoxy) is 2. The minimum absolute atomic E-state index is 0.349. The maximum Gasteiger partial charge on any atom is 0.205 e. The molecule has 1 aromatic carbocycles. The van der Waals surface area contributed by atoms with Gasteiger partial charge in [0.25, 0.3) is 0 Å². The highest BCUT2D eigenvalue weighted by molar-refractivity contribution is 5.44. The monoisotopic (exact) mass is 364 g/mol. The van der Waals surface area contributed by atoms with E-state index in [1.54, 1.807) is 24.5 Å². The lowest BCUT2D eigenvalue weighted by atomic mass is 10.0. The third-order valence-corrected chi connectivity index (χ3v) is 4.25. The number of nitrogens with one attached hydrogen (secondary N) is 2. The zero-order valence-electron chi connectivity index (χ0n) is 15.3. The molecule has 6 heteroatoms. The Morgan fingerprint density at radius 2 is 2.00 bits per heavy atom. The average molecular weight is 364 g/mol. The SMILES string of the molecule is [C-]#[N+]c1cncc(COc2cc(CNCC3CNC3)cc(OCC=C)c2)c1. The van der Waals surface area contributed by atoms with Gasteiger partial charge in [-0.05, 0) is 35.2 Å². The molecule has 0 spiro atoms. The number of hydrogen-bond donors (Lipinski definition) is 2. The van der Waals surface area contributed by atoms with Gasteiger partial charge in [0.2, 0.25) is 5.69 Å². The molecule has 0 radical (unpaired) electrons. The van der Waals surface area contributed by atoms with Crippen molar-refractivity contribution >= 4 is 5.69 Å². The molecular formula is C21H24N4O2. The quantitative estimate of drug-likeness (QED) is 0.501. The summed E-state index contributed by atoms with van der Waals surface area (Å²) in [7, 11) is 0. The second kappa shape index (κ2) is 9.72. The van der Waals surface area contributed by atoms with Crippen molar-refractivity contribution < 1.29 is 9.47 Å². The first kappa shape index (κ1) is 18.9. The molecule has 2 aromatic rings. The number of benzene rings is 1. The Labute approximate surface area is 160 Å². The van der Waals surface area contributed by atoms with Gasteiger partial charge < -0.3 is 20.1 Å². The van der Waals surface area contributed by atoms with Crippen LogP contribution < -0.4 is 20.1 Å². The van der Waals surface area contributed by atoms with Gasteiger partial charge in [-0.25, -0.2) is 4.85 Å². The Bertz CT molecular complexity index is 812. The summed E-state index contributed by atoms with van der Waals surface area (Å²) in [6, 6.07) is 7.69. The van der Waals surface area contributed by atoms with Gasteiger partial charge in [0.15, 0.2) is 0 Å². The minimum Gasteiger partial charge on any atom is -0.489 e. The number of aromatic nitrogens is 1. The van der Waals surface area contributed by atoms with Crippen molar-refractivity contribution in [1.82, 2.24) is 15.6 Å². The molecule has 1 aliphatic rings. The van der Waals surface area contributed by atoms with Crippen molar-refractivity contribution in [1.29, 1.82) is 0 Å². The summed E-state index contributed by atoms with van der Waals surface area (Å²) in [6.07, 6.45) is 4.97. The van der Waals surface area contributed by atoms with Gasteiger partial charge in [-0.1, -0.05) is 12.7 Å². The van der Waals surface area contributed by atoms with E-state index in [0.29, 0.717) is 24.8 Å². The van der Waals surface area contributed by atoms with Crippen LogP contribution in [-0.2, 0) is 13.2 Å². The molecule has 2 heterocycles. The highest BCUT2D eigenvalue weighted by Gasteiger charge is 2.15. The van der Waals surface area contributed by atoms with Crippen LogP contribution in [0.1, 0.15) is 11.1 Å². The fourth-order valence-corrected chi connectivity index (χ4v) is 2.75. The molecule has 1 saturated heterocycles. The number of hydrogen-bond acceptors (Lipinski definition) is 5. The summed E-state index contributed by atoms with van der Waals surface area (Å²) >= 11 is 0. The minimum atomic E-state index is 0.349. The Kier molecular flexibility index (Phi) is 6.80. The highest BCUT2D eigenvalue weighted by Crippen LogP contribution is 2.24. The van der Waals surface area contributed by atoms with Gasteiger partial charge in [0.05, 0.1) is 6.57 Å². The van der Waals surface area contributed by atoms with Gasteiger partial charge >= 0.3 is 0 Å². The van der Waals surface area contributed by atoms with E-state index >= 15 is 0 Å². The van der Waals surface area contributed by atoms with E-state index in [1.807, 2.05) is 18.2 Å². The fraction of sp³-hybridized carbons (Fsp3) is 0.333. The molecule has 1 fully saturated rings. The molecule has 0 bridgehead atoms. The van der Waals surface area contributed by atoms with Gasteiger partial charge in [-0.2, -0.15) is 0 Å². The van der Waals surface area contributed by atoms with Crippen molar-refractivity contribution in [2.24, 2.45) is 5.92 Å². The molecule has 3 rings (SSSR count). The smallest absolute Gasteiger partial charge is 0.205 e. The molecule has 27 heavy (non-hydrogen) atoms. The summed E-state index contributed by atoms with van der Waals surface area (Å²) in [5.41, 5.74) is 2.47. The third kappa shape index (κ3) is 5.81. The van der Waals surface area contributed by atoms with Crippen LogP contribution in [-0.4, -0.2) is 31.2 Å². The zero-order valence-corrected chi connectivity index (χ0v) is 15.3. The highest BCUT2D eigenvalue weighted by atomic mass is 16.5. The lowest BCUT2D eigenvalue weighted by Gasteiger charge is -2.27. The standard InChI is InChI=1S/C21H24N4O2/c1-3-4-26-20-6-16(9-23-11-18-12-24-13-18)7-21(8-20)27-15-17-5-19(22-2)14-25-10-17/h3,5-8,10,14,18,23-24H,1,4,9,11-13,15H2. The topological polar surface area (TPSA) is 59.8 Å². The summed E-state index contributed by atoms with van der Waals surface area (Å²) in [4.78, 5) is 7.47. The van der Waals surface area contributed by atoms with Crippen molar-refractivity contribution in [3.63, 3.8) is 0 Å². The summed E-state index contributed by atoms with van der Waals surface area (Å²) in [6.45, 7) is 15.5. The van der Waals surface area contributed by atoms with Gasteiger partial charge in [-0.15, -0.1) is 0 Å². The third-order valence-electron chi connectivity index (χ3n) is 4.25. The van der Waals surface area contributed by atoms with Crippen molar-refractivity contribution in [2.45, 2.75) is 13.2 Å². The summed E-state index contributed by atoms with van der Waals surface area (Å²) < 4.78 is 11.6. The zero-order chi connectivity index (χ0) is 18.9. The molecule has 0 saturated carbocycles. The van der Waals surface area contributed by atoms with Gasteiger partial charge in [-0.3, -0.25) is 4.98 Å². The Morgan fingerprint density at radius 1 is 1.19 bits per heavy atom. The number of nitrogens with zero attached hydrogens (tertiary/aromatic N) is 2. The molecule has 140 valence electrons. The van der Waals surface area contributed by atoms with Crippen molar-refractivity contribution in [3.8, 4) is 11.5 Å². The van der Waals surface area contributed by atoms with Crippen LogP contribution in [0.4, 0.5) is 5.69 Å². The second-order valence-electron chi connectivity index (χ2n) is 6.52. The molecule has 0 atom stereocenters. The molecule has 0 unspecified atom stereocenters. The predicted octanol–water partition coefficient (Wildman–Crippen LogP) is 3.09. The van der Waals surface area contributed by atoms with E-state index in [1.165, 1.54) is 0 Å². The normalized spacial score (nSPS) is 13.4. The van der Waals surface area contributed by atoms with E-state index in [-0.39, 0.29) is 0 Å². The molecular weight excluding hydrogens is 340 g/mol. The molecule has 2 N–H and O–H groups in total. The van der Waals surface area contributed by atoms with Crippen LogP contribution in [0.25, 0.3) is 4.85 Å². The largest absolute Gasteiger partial charge is 0.489 e. The van der Waals surface area contributed by atoms with Crippen LogP contribution in [0, 0.1) is 12.5 Å². The Balaban J connectivity index is 1.64. The van der Waals surface area contributed by atoms with Crippen LogP contribution in [0.5, 0.6) is 11.5 Å². The number of pyridine rings is 1. The first-order valence-corrected chi connectivity index (χ1v) is 9.00. The van der Waals surface area contributed by atoms with Gasteiger partial charge in [0, 0.05) is 44.6 Å². The Morgan fingerprint density at radius 3 is 2.70 bits per heavy atom. The lowest BCUT2D eigenvalue weighted by molar-refractivity contribution is 0.300. The van der Waals surface area contributed by atoms with Crippen molar-refractivity contribution in [3.05, 3.63) is 71.9 Å². The average Bonchev–Trinajstić information content (AvgIpc) is 2.67. The lowest BCUT2D eigenvalue weighted by Crippen LogP contribution is -2.47. The van der Waals surface area contributed by atoms with Crippen molar-refractivity contribution in [2.75, 3.05) is 26.2 Å². The van der Waals surface area contributed by atoms with Crippen LogP contribution in [0.2, 0.25) is 0 Å². The molecule has 0 amide bonds. The van der Waals surface area contributed by atoms with E-state index in [4.69, 9.17) is 16.0 Å². The number of rotatable bonds is 10. The van der Waals surface area contributed by atoms with E-state index in [2.05, 4.69) is 27.0 Å². The maximum atomic E-state index is 7.08. The molecule has 0 aliphatic carbocycles. The van der Waals surface area contributed by atoms with Crippen LogP contribution in [0.3, 0.4) is 0 Å². The maximum absolute atomic E-state index is 7.08. The summed E-state index contributed by atoms with van der Waals surface area (Å²) in [5, 5.41) is 6.77. The van der Waals surface area contributed by atoms with Crippen LogP contribution >= 0.6 is 0 Å². The van der Waals surface area contributed by atoms with Crippen LogP contribution in [0.15, 0.2) is 49.3 Å². The van der Waals surface area contributed by atoms with E-state index in [0.717, 1.165) is 48.8 Å². The van der Waals surface area contributed by atoms with Gasteiger partial charge in [0.1, 0.15) is 24.7 Å². The first-order chi connectivity index (χ1) is 13.3. The fourth-order valence-electron chi connectivity index (χ4n) is 2.75. The first-order valence-electron chi connectivity index (χ1n) is 9.00. The Hall–Kier alpha value is -2.88. The van der Waals surface area contributed by atoms with E-state index < -0.39 is 0 Å². The summed E-state index contributed by atoms with van der Waals surface area (Å²) in [5.74, 6) is 2.19. The predicted molar refractivity (Wildman–Crippen MR) is 105 cm³/mol. The molecule has 6 nitrogen and oxygen atoms in total.